The maximum Gasteiger partial charge on any atom is 0.366 e. The summed E-state index contributed by atoms with van der Waals surface area (Å²) in [5.41, 5.74) is 0.613. The summed E-state index contributed by atoms with van der Waals surface area (Å²) in [5, 5.41) is 5.68. The summed E-state index contributed by atoms with van der Waals surface area (Å²) in [7, 11) is 1.08. The SMILES string of the molecule is COC(=O)[C@@]1(OCC2CCOCC2)C[C@H](OC(C)=O)[C@@H](NC(=O)COC(C)=O)[C@H]([C@H](OC(C)=O)[C@@H](CNC(=O)Cc2ccc(Cl)cc2)OC(C)=O)O1. The van der Waals surface area contributed by atoms with E-state index in [-0.39, 0.29) is 18.9 Å². The average molecular weight is 757 g/mol. The molecule has 2 saturated heterocycles. The predicted molar refractivity (Wildman–Crippen MR) is 177 cm³/mol. The molecule has 0 bridgehead atoms. The molecule has 18 heteroatoms. The molecule has 0 radical (unpaired) electrons. The van der Waals surface area contributed by atoms with Crippen molar-refractivity contribution in [3.63, 3.8) is 0 Å². The van der Waals surface area contributed by atoms with Crippen LogP contribution >= 0.6 is 11.6 Å². The van der Waals surface area contributed by atoms with E-state index < -0.39 is 97.5 Å². The van der Waals surface area contributed by atoms with Gasteiger partial charge in [-0.2, -0.15) is 0 Å². The first-order chi connectivity index (χ1) is 24.6. The second-order valence-electron chi connectivity index (χ2n) is 12.2. The first kappa shape index (κ1) is 42.1. The predicted octanol–water partition coefficient (Wildman–Crippen LogP) is 0.943. The molecular weight excluding hydrogens is 712 g/mol. The van der Waals surface area contributed by atoms with E-state index in [0.717, 1.165) is 34.8 Å². The minimum atomic E-state index is -2.31. The third-order valence-electron chi connectivity index (χ3n) is 8.08. The van der Waals surface area contributed by atoms with Gasteiger partial charge in [-0.05, 0) is 36.5 Å². The van der Waals surface area contributed by atoms with Crippen LogP contribution in [-0.2, 0) is 77.9 Å². The minimum Gasteiger partial charge on any atom is -0.465 e. The fourth-order valence-corrected chi connectivity index (χ4v) is 5.89. The number of amides is 2. The number of hydrogen-bond donors (Lipinski definition) is 2. The number of halogens is 1. The van der Waals surface area contributed by atoms with E-state index >= 15 is 0 Å². The van der Waals surface area contributed by atoms with Crippen molar-refractivity contribution in [2.24, 2.45) is 5.92 Å². The van der Waals surface area contributed by atoms with Crippen LogP contribution in [0.5, 0.6) is 0 Å². The van der Waals surface area contributed by atoms with Gasteiger partial charge in [-0.3, -0.25) is 28.8 Å². The second-order valence-corrected chi connectivity index (χ2v) is 12.7. The number of hydrogen-bond acceptors (Lipinski definition) is 15. The van der Waals surface area contributed by atoms with Crippen LogP contribution in [-0.4, -0.2) is 118 Å². The Morgan fingerprint density at radius 1 is 0.904 bits per heavy atom. The van der Waals surface area contributed by atoms with Crippen molar-refractivity contribution in [3.05, 3.63) is 34.9 Å². The molecule has 2 heterocycles. The molecule has 0 aromatic heterocycles. The number of methoxy groups -OCH3 is 1. The molecule has 0 aliphatic carbocycles. The van der Waals surface area contributed by atoms with Gasteiger partial charge in [0.1, 0.15) is 12.2 Å². The molecule has 2 fully saturated rings. The number of benzene rings is 1. The number of carbonyl (C=O) groups is 7. The van der Waals surface area contributed by atoms with Crippen LogP contribution in [0.1, 0.15) is 52.5 Å². The second kappa shape index (κ2) is 20.1. The lowest BCUT2D eigenvalue weighted by Gasteiger charge is -2.48. The maximum atomic E-state index is 13.6. The molecule has 17 nitrogen and oxygen atoms in total. The van der Waals surface area contributed by atoms with Crippen LogP contribution in [0.15, 0.2) is 24.3 Å². The molecule has 6 atom stereocenters. The molecule has 2 aliphatic rings. The molecule has 0 unspecified atom stereocenters. The Labute approximate surface area is 305 Å². The number of ether oxygens (including phenoxy) is 8. The zero-order valence-corrected chi connectivity index (χ0v) is 30.4. The largest absolute Gasteiger partial charge is 0.465 e. The maximum absolute atomic E-state index is 13.6. The van der Waals surface area contributed by atoms with Crippen molar-refractivity contribution in [1.82, 2.24) is 10.6 Å². The smallest absolute Gasteiger partial charge is 0.366 e. The van der Waals surface area contributed by atoms with Crippen molar-refractivity contribution in [3.8, 4) is 0 Å². The van der Waals surface area contributed by atoms with Gasteiger partial charge in [0.05, 0.1) is 39.1 Å². The Kier molecular flexibility index (Phi) is 16.2. The van der Waals surface area contributed by atoms with Crippen LogP contribution in [0.25, 0.3) is 0 Å². The molecule has 2 amide bonds. The summed E-state index contributed by atoms with van der Waals surface area (Å²) in [6.45, 7) is 3.96. The van der Waals surface area contributed by atoms with Gasteiger partial charge < -0.3 is 48.5 Å². The lowest BCUT2D eigenvalue weighted by molar-refractivity contribution is -0.316. The average Bonchev–Trinajstić information content (AvgIpc) is 3.08. The highest BCUT2D eigenvalue weighted by molar-refractivity contribution is 6.30. The third kappa shape index (κ3) is 13.0. The molecule has 52 heavy (non-hydrogen) atoms. The van der Waals surface area contributed by atoms with Gasteiger partial charge >= 0.3 is 29.8 Å². The minimum absolute atomic E-state index is 0.0339. The normalized spacial score (nSPS) is 22.8. The fourth-order valence-electron chi connectivity index (χ4n) is 5.77. The van der Waals surface area contributed by atoms with Crippen molar-refractivity contribution < 1.29 is 71.5 Å². The van der Waals surface area contributed by atoms with Crippen LogP contribution in [0.3, 0.4) is 0 Å². The Bertz CT molecular complexity index is 1430. The molecule has 1 aromatic rings. The number of rotatable bonds is 16. The van der Waals surface area contributed by atoms with Crippen LogP contribution in [0, 0.1) is 5.92 Å². The van der Waals surface area contributed by atoms with Gasteiger partial charge in [0.15, 0.2) is 18.8 Å². The number of esters is 5. The van der Waals surface area contributed by atoms with E-state index in [4.69, 9.17) is 49.5 Å². The van der Waals surface area contributed by atoms with E-state index in [1.54, 1.807) is 24.3 Å². The standard InChI is InChI=1S/C34H45ClN2O15/c1-19(38)47-18-29(43)37-30-26(49-20(2)39)15-34(33(44)45-5,48-17-24-10-12-46-13-11-24)52-32(30)31(51-22(4)41)27(50-21(3)40)16-36-28(42)14-23-6-8-25(35)9-7-23/h6-9,24,26-27,30-32H,10-18H2,1-5H3,(H,36,42)(H,37,43)/t26-,27+,30+,31+,32+,34+/m0/s1. The number of carbonyl (C=O) groups excluding carboxylic acids is 7. The van der Waals surface area contributed by atoms with Gasteiger partial charge in [0, 0.05) is 45.9 Å². The van der Waals surface area contributed by atoms with Gasteiger partial charge in [0.2, 0.25) is 5.91 Å². The fraction of sp³-hybridized carbons (Fsp3) is 0.618. The van der Waals surface area contributed by atoms with E-state index in [9.17, 15) is 33.6 Å². The first-order valence-electron chi connectivity index (χ1n) is 16.6. The third-order valence-corrected chi connectivity index (χ3v) is 8.33. The molecule has 0 saturated carbocycles. The van der Waals surface area contributed by atoms with Gasteiger partial charge in [-0.1, -0.05) is 23.7 Å². The zero-order valence-electron chi connectivity index (χ0n) is 29.6. The molecule has 2 aliphatic heterocycles. The molecular formula is C34H45ClN2O15. The van der Waals surface area contributed by atoms with Crippen LogP contribution in [0.4, 0.5) is 0 Å². The van der Waals surface area contributed by atoms with Crippen molar-refractivity contribution in [1.29, 1.82) is 0 Å². The van der Waals surface area contributed by atoms with Crippen molar-refractivity contribution in [2.75, 3.05) is 40.1 Å². The Morgan fingerprint density at radius 2 is 1.56 bits per heavy atom. The van der Waals surface area contributed by atoms with Gasteiger partial charge in [-0.25, -0.2) is 4.79 Å². The highest BCUT2D eigenvalue weighted by Crippen LogP contribution is 2.38. The highest BCUT2D eigenvalue weighted by atomic mass is 35.5. The summed E-state index contributed by atoms with van der Waals surface area (Å²) < 4.78 is 44.7. The van der Waals surface area contributed by atoms with E-state index in [1.165, 1.54) is 0 Å². The molecule has 3 rings (SSSR count). The lowest BCUT2D eigenvalue weighted by atomic mass is 9.87. The molecule has 0 spiro atoms. The number of nitrogens with one attached hydrogen (secondary N) is 2. The quantitative estimate of drug-likeness (QED) is 0.177. The summed E-state index contributed by atoms with van der Waals surface area (Å²) in [5.74, 6) is -8.20. The zero-order chi connectivity index (χ0) is 38.4. The first-order valence-corrected chi connectivity index (χ1v) is 16.9. The van der Waals surface area contributed by atoms with E-state index in [1.807, 2.05) is 0 Å². The van der Waals surface area contributed by atoms with Gasteiger partial charge in [-0.15, -0.1) is 0 Å². The topological polar surface area (TPSA) is 217 Å². The van der Waals surface area contributed by atoms with E-state index in [0.29, 0.717) is 36.6 Å². The Hall–Kier alpha value is -4.32. The lowest BCUT2D eigenvalue weighted by Crippen LogP contribution is -2.70. The van der Waals surface area contributed by atoms with Crippen molar-refractivity contribution in [2.45, 2.75) is 89.6 Å². The molecule has 1 aromatic carbocycles. The monoisotopic (exact) mass is 756 g/mol. The van der Waals surface area contributed by atoms with Crippen LogP contribution < -0.4 is 10.6 Å². The Morgan fingerprint density at radius 3 is 2.13 bits per heavy atom. The molecule has 2 N–H and O–H groups in total. The van der Waals surface area contributed by atoms with Gasteiger partial charge in [0.25, 0.3) is 11.7 Å². The highest BCUT2D eigenvalue weighted by Gasteiger charge is 2.59. The summed E-state index contributed by atoms with van der Waals surface area (Å²) >= 11 is 5.95. The van der Waals surface area contributed by atoms with E-state index in [2.05, 4.69) is 10.6 Å². The van der Waals surface area contributed by atoms with Crippen molar-refractivity contribution >= 4 is 53.3 Å². The van der Waals surface area contributed by atoms with Crippen LogP contribution in [0.2, 0.25) is 5.02 Å². The summed E-state index contributed by atoms with van der Waals surface area (Å²) in [6.07, 6.45) is -5.76. The molecule has 288 valence electrons. The Balaban J connectivity index is 2.09. The summed E-state index contributed by atoms with van der Waals surface area (Å²) in [6, 6.07) is 5.05. The summed E-state index contributed by atoms with van der Waals surface area (Å²) in [4.78, 5) is 88.8.